The molecule has 3 heterocycles. The van der Waals surface area contributed by atoms with E-state index in [0.29, 0.717) is 0 Å². The number of ether oxygens (including phenoxy) is 1. The molecule has 0 spiro atoms. The van der Waals surface area contributed by atoms with Crippen LogP contribution in [0.25, 0.3) is 22.0 Å². The van der Waals surface area contributed by atoms with Gasteiger partial charge in [0.05, 0.1) is 12.8 Å². The quantitative estimate of drug-likeness (QED) is 0.352. The minimum atomic E-state index is -2.13. The highest BCUT2D eigenvalue weighted by molar-refractivity contribution is 5.44. The average molecular weight is 312 g/mol. The summed E-state index contributed by atoms with van der Waals surface area (Å²) in [6.07, 6.45) is -4.05. The molecule has 0 bridgehead atoms. The minimum absolute atomic E-state index is 0.128. The van der Waals surface area contributed by atoms with Crippen LogP contribution in [0.4, 0.5) is 4.39 Å². The molecule has 3 rings (SSSR count). The highest BCUT2D eigenvalue weighted by atomic mass is 19.1. The van der Waals surface area contributed by atoms with Crippen molar-refractivity contribution in [3.05, 3.63) is 16.6 Å². The normalized spacial score (nSPS) is 31.1. The Morgan fingerprint density at radius 3 is 3.05 bits per heavy atom. The zero-order valence-corrected chi connectivity index (χ0v) is 10.7. The first-order valence-electron chi connectivity index (χ1n) is 5.94. The summed E-state index contributed by atoms with van der Waals surface area (Å²) in [4.78, 5) is 2.46. The lowest BCUT2D eigenvalue weighted by Gasteiger charge is -2.23. The van der Waals surface area contributed by atoms with Crippen molar-refractivity contribution < 1.29 is 19.3 Å². The number of nitrogens with one attached hydrogen (secondary N) is 1. The van der Waals surface area contributed by atoms with Gasteiger partial charge < -0.3 is 14.9 Å². The number of rotatable bonds is 4. The Morgan fingerprint density at radius 1 is 1.59 bits per heavy atom. The maximum Gasteiger partial charge on any atom is 0.226 e. The molecule has 3 N–H and O–H groups in total. The van der Waals surface area contributed by atoms with Crippen LogP contribution in [0, 0.1) is 0 Å². The summed E-state index contributed by atoms with van der Waals surface area (Å²) >= 11 is 0. The van der Waals surface area contributed by atoms with E-state index < -0.39 is 30.8 Å². The molecule has 22 heavy (non-hydrogen) atoms. The Labute approximate surface area is 120 Å². The van der Waals surface area contributed by atoms with E-state index in [1.807, 2.05) is 0 Å². The van der Waals surface area contributed by atoms with Gasteiger partial charge >= 0.3 is 0 Å². The summed E-state index contributed by atoms with van der Waals surface area (Å²) in [6.45, 7) is -0.901. The summed E-state index contributed by atoms with van der Waals surface area (Å²) in [6, 6.07) is 0. The molecule has 2 aromatic heterocycles. The van der Waals surface area contributed by atoms with Crippen LogP contribution < -0.4 is 0 Å². The molecule has 1 aliphatic heterocycles. The predicted octanol–water partition coefficient (Wildman–Crippen LogP) is -1.32. The van der Waals surface area contributed by atoms with Gasteiger partial charge in [-0.1, -0.05) is 10.3 Å². The summed E-state index contributed by atoms with van der Waals surface area (Å²) in [7, 11) is 0. The molecular weight excluding hydrogens is 303 g/mol. The van der Waals surface area contributed by atoms with Gasteiger partial charge in [0.2, 0.25) is 11.5 Å². The number of alkyl halides is 1. The largest absolute Gasteiger partial charge is 0.393 e. The smallest absolute Gasteiger partial charge is 0.226 e. The molecule has 13 nitrogen and oxygen atoms in total. The molecule has 14 heteroatoms. The number of aliphatic hydroxyl groups excluding tert-OH is 2. The van der Waals surface area contributed by atoms with Gasteiger partial charge in [0.15, 0.2) is 18.1 Å². The summed E-state index contributed by atoms with van der Waals surface area (Å²) in [5.74, 6) is 0.128. The van der Waals surface area contributed by atoms with Crippen LogP contribution in [0.1, 0.15) is 6.23 Å². The number of tetrazole rings is 1. The van der Waals surface area contributed by atoms with E-state index in [1.54, 1.807) is 0 Å². The van der Waals surface area contributed by atoms with Crippen molar-refractivity contribution in [3.8, 4) is 11.5 Å². The fourth-order valence-electron chi connectivity index (χ4n) is 2.04. The summed E-state index contributed by atoms with van der Waals surface area (Å²) in [5.41, 5.74) is 6.54. The maximum absolute atomic E-state index is 14.2. The molecule has 1 fully saturated rings. The number of H-pyrrole nitrogens is 1. The van der Waals surface area contributed by atoms with Gasteiger partial charge in [-0.15, -0.1) is 15.3 Å². The van der Waals surface area contributed by atoms with Gasteiger partial charge in [-0.25, -0.2) is 9.07 Å². The van der Waals surface area contributed by atoms with Crippen molar-refractivity contribution >= 4 is 0 Å². The molecule has 0 amide bonds. The molecule has 1 aliphatic rings. The van der Waals surface area contributed by atoms with E-state index in [2.05, 4.69) is 41.0 Å². The third-order valence-electron chi connectivity index (χ3n) is 3.15. The fourth-order valence-corrected chi connectivity index (χ4v) is 2.04. The van der Waals surface area contributed by atoms with Gasteiger partial charge in [0, 0.05) is 4.91 Å². The van der Waals surface area contributed by atoms with Crippen LogP contribution in [-0.2, 0) is 4.74 Å². The van der Waals surface area contributed by atoms with E-state index in [0.717, 1.165) is 4.68 Å². The molecule has 0 aromatic carbocycles. The molecule has 1 saturated heterocycles. The zero-order chi connectivity index (χ0) is 15.7. The van der Waals surface area contributed by atoms with Crippen molar-refractivity contribution in [1.82, 2.24) is 35.6 Å². The second-order valence-corrected chi connectivity index (χ2v) is 4.41. The summed E-state index contributed by atoms with van der Waals surface area (Å²) in [5, 5.41) is 42.5. The van der Waals surface area contributed by atoms with Crippen LogP contribution in [0.2, 0.25) is 0 Å². The Balaban J connectivity index is 1.91. The van der Waals surface area contributed by atoms with Gasteiger partial charge in [0.1, 0.15) is 6.10 Å². The number of azide groups is 1. The SMILES string of the molecule is [N-]=[N+]=N[C@]1(CO)O[C@@H](n2cc(-c3nn[nH]n3)nn2)[C@@H](F)[C@@H]1O. The lowest BCUT2D eigenvalue weighted by Crippen LogP contribution is -2.43. The first-order valence-corrected chi connectivity index (χ1v) is 5.94. The standard InChI is InChI=1S/C8H9FN10O3/c9-4-5(21)8(2-20,14-15-10)22-7(4)19-1-3(11-18-19)6-12-16-17-13-6/h1,4-5,7,20-21H,2H2,(H,12,13,16,17)/t4-,5-,7+,8+/m0/s1. The van der Waals surface area contributed by atoms with Crippen molar-refractivity contribution in [2.45, 2.75) is 24.2 Å². The van der Waals surface area contributed by atoms with Gasteiger partial charge in [-0.3, -0.25) is 0 Å². The molecule has 4 atom stereocenters. The Bertz CT molecular complexity index is 699. The molecule has 0 unspecified atom stereocenters. The van der Waals surface area contributed by atoms with Gasteiger partial charge in [0.25, 0.3) is 0 Å². The van der Waals surface area contributed by atoms with Crippen molar-refractivity contribution in [3.63, 3.8) is 0 Å². The third-order valence-corrected chi connectivity index (χ3v) is 3.15. The topological polar surface area (TPSA) is 184 Å². The van der Waals surface area contributed by atoms with Crippen LogP contribution in [-0.4, -0.2) is 70.4 Å². The van der Waals surface area contributed by atoms with E-state index >= 15 is 0 Å². The third kappa shape index (κ3) is 2.06. The van der Waals surface area contributed by atoms with Crippen LogP contribution in [0.3, 0.4) is 0 Å². The maximum atomic E-state index is 14.2. The van der Waals surface area contributed by atoms with Crippen LogP contribution >= 0.6 is 0 Å². The second-order valence-electron chi connectivity index (χ2n) is 4.41. The zero-order valence-electron chi connectivity index (χ0n) is 10.7. The fraction of sp³-hybridized carbons (Fsp3) is 0.625. The van der Waals surface area contributed by atoms with E-state index in [4.69, 9.17) is 10.3 Å². The van der Waals surface area contributed by atoms with Crippen LogP contribution in [0.15, 0.2) is 11.3 Å². The Morgan fingerprint density at radius 2 is 2.41 bits per heavy atom. The Kier molecular flexibility index (Phi) is 3.42. The lowest BCUT2D eigenvalue weighted by atomic mass is 10.1. The number of nitrogens with zero attached hydrogens (tertiary/aromatic N) is 9. The van der Waals surface area contributed by atoms with E-state index in [9.17, 15) is 14.6 Å². The lowest BCUT2D eigenvalue weighted by molar-refractivity contribution is -0.126. The average Bonchev–Trinajstić information content (AvgIpc) is 3.23. The van der Waals surface area contributed by atoms with Crippen molar-refractivity contribution in [2.24, 2.45) is 5.11 Å². The number of hydrogen-bond acceptors (Lipinski definition) is 9. The first-order chi connectivity index (χ1) is 10.6. The predicted molar refractivity (Wildman–Crippen MR) is 63.2 cm³/mol. The highest BCUT2D eigenvalue weighted by Crippen LogP contribution is 2.39. The molecular formula is C8H9FN10O3. The first kappa shape index (κ1) is 14.3. The minimum Gasteiger partial charge on any atom is -0.393 e. The van der Waals surface area contributed by atoms with Crippen molar-refractivity contribution in [1.29, 1.82) is 0 Å². The molecule has 0 saturated carbocycles. The Hall–Kier alpha value is -2.67. The number of halogens is 1. The second kappa shape index (κ2) is 5.27. The number of aromatic nitrogens is 7. The number of aromatic amines is 1. The van der Waals surface area contributed by atoms with Gasteiger partial charge in [-0.05, 0) is 10.7 Å². The molecule has 0 radical (unpaired) electrons. The van der Waals surface area contributed by atoms with Crippen LogP contribution in [0.5, 0.6) is 0 Å². The van der Waals surface area contributed by atoms with Crippen molar-refractivity contribution in [2.75, 3.05) is 6.61 Å². The molecule has 2 aromatic rings. The number of aliphatic hydroxyl groups is 2. The van der Waals surface area contributed by atoms with E-state index in [-0.39, 0.29) is 11.5 Å². The molecule has 0 aliphatic carbocycles. The highest BCUT2D eigenvalue weighted by Gasteiger charge is 2.56. The van der Waals surface area contributed by atoms with Gasteiger partial charge in [-0.2, -0.15) is 5.21 Å². The molecule has 116 valence electrons. The van der Waals surface area contributed by atoms with E-state index in [1.165, 1.54) is 6.20 Å². The monoisotopic (exact) mass is 312 g/mol. The number of hydrogen-bond donors (Lipinski definition) is 3. The summed E-state index contributed by atoms with van der Waals surface area (Å²) < 4.78 is 20.4.